The number of ether oxygens (including phenoxy) is 2. The second kappa shape index (κ2) is 9.05. The maximum Gasteiger partial charge on any atom is 0.361 e. The average Bonchev–Trinajstić information content (AvgIpc) is 3.09. The van der Waals surface area contributed by atoms with Gasteiger partial charge >= 0.3 is 23.8 Å². The summed E-state index contributed by atoms with van der Waals surface area (Å²) in [6.07, 6.45) is 3.32. The SMILES string of the molecule is CCCCCC(=O)[N+]1(C(C)Cn2nnc(C(=O)OC)c2C(=O)OC)CCC1=O. The molecule has 154 valence electrons. The number of unbranched alkanes of at least 4 members (excludes halogenated alkanes) is 2. The number of carbonyl (C=O) groups excluding carboxylic acids is 4. The summed E-state index contributed by atoms with van der Waals surface area (Å²) < 4.78 is 10.3. The largest absolute Gasteiger partial charge is 0.464 e. The van der Waals surface area contributed by atoms with Crippen LogP contribution in [0.4, 0.5) is 0 Å². The van der Waals surface area contributed by atoms with Crippen LogP contribution in [0.5, 0.6) is 0 Å². The number of rotatable bonds is 9. The predicted octanol–water partition coefficient (Wildman–Crippen LogP) is 1.09. The number of aromatic nitrogens is 3. The molecule has 0 bridgehead atoms. The second-order valence-electron chi connectivity index (χ2n) is 6.89. The Labute approximate surface area is 163 Å². The number of nitrogens with zero attached hydrogens (tertiary/aromatic N) is 4. The molecule has 2 unspecified atom stereocenters. The molecule has 0 spiro atoms. The number of esters is 2. The van der Waals surface area contributed by atoms with Crippen LogP contribution in [-0.2, 0) is 25.6 Å². The van der Waals surface area contributed by atoms with Crippen molar-refractivity contribution in [2.24, 2.45) is 0 Å². The third-order valence-electron chi connectivity index (χ3n) is 5.24. The van der Waals surface area contributed by atoms with Gasteiger partial charge in [0.25, 0.3) is 0 Å². The van der Waals surface area contributed by atoms with Gasteiger partial charge in [0.2, 0.25) is 5.69 Å². The third kappa shape index (κ3) is 3.82. The molecule has 1 aromatic rings. The lowest BCUT2D eigenvalue weighted by atomic mass is 10.00. The van der Waals surface area contributed by atoms with Crippen molar-refractivity contribution >= 4 is 23.8 Å². The molecule has 1 aromatic heterocycles. The molecule has 1 aliphatic heterocycles. The summed E-state index contributed by atoms with van der Waals surface area (Å²) in [6, 6.07) is -0.467. The van der Waals surface area contributed by atoms with Gasteiger partial charge in [0.05, 0.1) is 27.2 Å². The zero-order valence-electron chi connectivity index (χ0n) is 16.8. The van der Waals surface area contributed by atoms with Gasteiger partial charge in [-0.15, -0.1) is 5.10 Å². The minimum absolute atomic E-state index is 0.0552. The molecule has 2 atom stereocenters. The first-order chi connectivity index (χ1) is 13.3. The summed E-state index contributed by atoms with van der Waals surface area (Å²) in [7, 11) is 2.34. The summed E-state index contributed by atoms with van der Waals surface area (Å²) in [4.78, 5) is 49.3. The number of amides is 2. The van der Waals surface area contributed by atoms with Crippen LogP contribution in [-0.4, -0.2) is 70.0 Å². The number of likely N-dealkylation sites (tertiary alicyclic amines) is 1. The van der Waals surface area contributed by atoms with Gasteiger partial charge in [-0.05, 0) is 13.3 Å². The molecule has 0 radical (unpaired) electrons. The van der Waals surface area contributed by atoms with Crippen LogP contribution >= 0.6 is 0 Å². The average molecular weight is 395 g/mol. The van der Waals surface area contributed by atoms with Gasteiger partial charge in [-0.2, -0.15) is 4.48 Å². The van der Waals surface area contributed by atoms with Gasteiger partial charge in [-0.1, -0.05) is 25.0 Å². The smallest absolute Gasteiger partial charge is 0.361 e. The Kier molecular flexibility index (Phi) is 7.00. The van der Waals surface area contributed by atoms with Crippen LogP contribution in [0.15, 0.2) is 0 Å². The number of β-lactam (4-membered cyclic amide) rings is 1. The fourth-order valence-electron chi connectivity index (χ4n) is 3.51. The molecule has 1 fully saturated rings. The highest BCUT2D eigenvalue weighted by molar-refractivity contribution is 6.00. The molecular formula is C18H27N4O6+. The molecular weight excluding hydrogens is 368 g/mol. The second-order valence-corrected chi connectivity index (χ2v) is 6.89. The molecule has 2 amide bonds. The Hall–Kier alpha value is -2.62. The van der Waals surface area contributed by atoms with Crippen molar-refractivity contribution in [3.05, 3.63) is 11.4 Å². The monoisotopic (exact) mass is 395 g/mol. The van der Waals surface area contributed by atoms with E-state index in [1.54, 1.807) is 6.92 Å². The molecule has 1 aliphatic rings. The van der Waals surface area contributed by atoms with E-state index in [1.807, 2.05) is 6.92 Å². The molecule has 0 saturated carbocycles. The first-order valence-electron chi connectivity index (χ1n) is 9.38. The van der Waals surface area contributed by atoms with Crippen LogP contribution < -0.4 is 0 Å². The van der Waals surface area contributed by atoms with Crippen molar-refractivity contribution in [1.82, 2.24) is 15.0 Å². The van der Waals surface area contributed by atoms with Crippen molar-refractivity contribution < 1.29 is 33.1 Å². The maximum atomic E-state index is 12.8. The summed E-state index contributed by atoms with van der Waals surface area (Å²) >= 11 is 0. The zero-order valence-corrected chi connectivity index (χ0v) is 16.8. The standard InChI is InChI=1S/C18H27N4O6/c1-5-6-7-8-13(23)22(10-9-14(22)24)12(2)11-21-16(18(26)28-4)15(19-20-21)17(25)27-3/h12H,5-11H2,1-4H3/q+1. The molecule has 0 aromatic carbocycles. The van der Waals surface area contributed by atoms with Gasteiger partial charge in [-0.25, -0.2) is 23.9 Å². The van der Waals surface area contributed by atoms with Crippen molar-refractivity contribution in [1.29, 1.82) is 0 Å². The Morgan fingerprint density at radius 2 is 1.86 bits per heavy atom. The number of imide groups is 1. The highest BCUT2D eigenvalue weighted by Crippen LogP contribution is 2.30. The van der Waals surface area contributed by atoms with E-state index in [1.165, 1.54) is 18.9 Å². The number of quaternary nitrogens is 1. The molecule has 0 N–H and O–H groups in total. The first kappa shape index (κ1) is 21.7. The van der Waals surface area contributed by atoms with Crippen LogP contribution in [0.25, 0.3) is 0 Å². The van der Waals surface area contributed by atoms with Gasteiger partial charge < -0.3 is 9.47 Å². The zero-order chi connectivity index (χ0) is 20.9. The predicted molar refractivity (Wildman–Crippen MR) is 96.1 cm³/mol. The van der Waals surface area contributed by atoms with E-state index in [4.69, 9.17) is 4.74 Å². The lowest BCUT2D eigenvalue weighted by Gasteiger charge is -2.44. The quantitative estimate of drug-likeness (QED) is 0.264. The van der Waals surface area contributed by atoms with E-state index in [0.717, 1.165) is 19.3 Å². The highest BCUT2D eigenvalue weighted by Gasteiger charge is 2.55. The topological polar surface area (TPSA) is 117 Å². The van der Waals surface area contributed by atoms with Crippen LogP contribution in [0.2, 0.25) is 0 Å². The van der Waals surface area contributed by atoms with E-state index in [-0.39, 0.29) is 34.2 Å². The van der Waals surface area contributed by atoms with Gasteiger partial charge in [0.1, 0.15) is 19.0 Å². The number of hydrogen-bond donors (Lipinski definition) is 0. The molecule has 2 heterocycles. The summed E-state index contributed by atoms with van der Waals surface area (Å²) in [6.45, 7) is 4.29. The highest BCUT2D eigenvalue weighted by atomic mass is 16.5. The number of carbonyl (C=O) groups is 4. The fourth-order valence-corrected chi connectivity index (χ4v) is 3.51. The first-order valence-corrected chi connectivity index (χ1v) is 9.38. The molecule has 28 heavy (non-hydrogen) atoms. The molecule has 2 rings (SSSR count). The molecule has 10 nitrogen and oxygen atoms in total. The van der Waals surface area contributed by atoms with E-state index in [2.05, 4.69) is 15.0 Å². The van der Waals surface area contributed by atoms with Crippen molar-refractivity contribution in [2.75, 3.05) is 20.8 Å². The number of hydrogen-bond acceptors (Lipinski definition) is 8. The van der Waals surface area contributed by atoms with Crippen LogP contribution in [0.1, 0.15) is 66.9 Å². The van der Waals surface area contributed by atoms with E-state index in [9.17, 15) is 19.2 Å². The maximum absolute atomic E-state index is 12.8. The normalized spacial score (nSPS) is 19.6. The minimum Gasteiger partial charge on any atom is -0.464 e. The molecule has 10 heteroatoms. The van der Waals surface area contributed by atoms with Gasteiger partial charge in [-0.3, -0.25) is 0 Å². The van der Waals surface area contributed by atoms with Crippen molar-refractivity contribution in [2.45, 2.75) is 58.5 Å². The van der Waals surface area contributed by atoms with E-state index in [0.29, 0.717) is 19.4 Å². The Balaban J connectivity index is 2.29. The van der Waals surface area contributed by atoms with Crippen LogP contribution in [0.3, 0.4) is 0 Å². The Morgan fingerprint density at radius 3 is 2.36 bits per heavy atom. The molecule has 0 aliphatic carbocycles. The van der Waals surface area contributed by atoms with Crippen molar-refractivity contribution in [3.63, 3.8) is 0 Å². The van der Waals surface area contributed by atoms with Gasteiger partial charge in [0, 0.05) is 0 Å². The Morgan fingerprint density at radius 1 is 1.18 bits per heavy atom. The van der Waals surface area contributed by atoms with E-state index < -0.39 is 18.0 Å². The molecule has 1 saturated heterocycles. The minimum atomic E-state index is -0.820. The lowest BCUT2D eigenvalue weighted by Crippen LogP contribution is -2.70. The lowest BCUT2D eigenvalue weighted by molar-refractivity contribution is -0.831. The Bertz CT molecular complexity index is 774. The van der Waals surface area contributed by atoms with Crippen LogP contribution in [0, 0.1) is 0 Å². The number of methoxy groups -OCH3 is 2. The summed E-state index contributed by atoms with van der Waals surface area (Å²) in [5.41, 5.74) is -0.428. The van der Waals surface area contributed by atoms with Gasteiger partial charge in [0.15, 0.2) is 5.69 Å². The fraction of sp³-hybridized carbons (Fsp3) is 0.667. The summed E-state index contributed by atoms with van der Waals surface area (Å²) in [5, 5.41) is 7.58. The van der Waals surface area contributed by atoms with Crippen molar-refractivity contribution in [3.8, 4) is 0 Å². The summed E-state index contributed by atoms with van der Waals surface area (Å²) in [5.74, 6) is -1.88. The van der Waals surface area contributed by atoms with E-state index >= 15 is 0 Å². The third-order valence-corrected chi connectivity index (χ3v) is 5.24.